The standard InChI is InChI=1S/C13H13F3N2OS2/c1-19-7-6-17-12-18-8-11(20-12)9-2-4-10(5-3-9)21-13(14,15)16/h2-5,8H,6-7H2,1H3,(H,17,18). The first-order valence-electron chi connectivity index (χ1n) is 6.03. The number of methoxy groups -OCH3 is 1. The van der Waals surface area contributed by atoms with Gasteiger partial charge in [-0.05, 0) is 29.5 Å². The molecule has 0 aliphatic carbocycles. The van der Waals surface area contributed by atoms with Crippen LogP contribution in [0.4, 0.5) is 18.3 Å². The van der Waals surface area contributed by atoms with Gasteiger partial charge in [-0.25, -0.2) is 4.98 Å². The van der Waals surface area contributed by atoms with Gasteiger partial charge in [0.25, 0.3) is 0 Å². The number of ether oxygens (including phenoxy) is 1. The minimum atomic E-state index is -4.26. The van der Waals surface area contributed by atoms with E-state index in [1.54, 1.807) is 25.4 Å². The Morgan fingerprint density at radius 1 is 1.29 bits per heavy atom. The van der Waals surface area contributed by atoms with E-state index in [1.165, 1.54) is 23.5 Å². The number of hydrogen-bond donors (Lipinski definition) is 1. The largest absolute Gasteiger partial charge is 0.446 e. The molecule has 3 nitrogen and oxygen atoms in total. The Balaban J connectivity index is 2.02. The summed E-state index contributed by atoms with van der Waals surface area (Å²) in [6.45, 7) is 1.24. The van der Waals surface area contributed by atoms with Crippen molar-refractivity contribution in [3.05, 3.63) is 30.5 Å². The fraction of sp³-hybridized carbons (Fsp3) is 0.308. The molecule has 0 radical (unpaired) electrons. The maximum atomic E-state index is 12.3. The summed E-state index contributed by atoms with van der Waals surface area (Å²) >= 11 is 1.33. The number of anilines is 1. The van der Waals surface area contributed by atoms with Crippen LogP contribution in [0.15, 0.2) is 35.4 Å². The van der Waals surface area contributed by atoms with Gasteiger partial charge in [0.05, 0.1) is 11.5 Å². The second kappa shape index (κ2) is 7.15. The summed E-state index contributed by atoms with van der Waals surface area (Å²) in [6.07, 6.45) is 1.70. The molecule has 0 fully saturated rings. The van der Waals surface area contributed by atoms with Gasteiger partial charge in [-0.3, -0.25) is 0 Å². The Morgan fingerprint density at radius 2 is 2.00 bits per heavy atom. The molecule has 1 N–H and O–H groups in total. The highest BCUT2D eigenvalue weighted by Crippen LogP contribution is 2.38. The van der Waals surface area contributed by atoms with Gasteiger partial charge >= 0.3 is 5.51 Å². The Morgan fingerprint density at radius 3 is 2.62 bits per heavy atom. The lowest BCUT2D eigenvalue weighted by atomic mass is 10.2. The maximum absolute atomic E-state index is 12.3. The number of benzene rings is 1. The molecule has 0 amide bonds. The Kier molecular flexibility index (Phi) is 5.49. The Bertz CT molecular complexity index is 570. The van der Waals surface area contributed by atoms with Gasteiger partial charge in [0, 0.05) is 24.7 Å². The van der Waals surface area contributed by atoms with Crippen LogP contribution in [-0.4, -0.2) is 30.8 Å². The zero-order valence-electron chi connectivity index (χ0n) is 11.1. The summed E-state index contributed by atoms with van der Waals surface area (Å²) in [5.41, 5.74) is -3.41. The quantitative estimate of drug-likeness (QED) is 0.624. The van der Waals surface area contributed by atoms with E-state index < -0.39 is 5.51 Å². The number of thiazole rings is 1. The highest BCUT2D eigenvalue weighted by molar-refractivity contribution is 8.00. The number of nitrogens with one attached hydrogen (secondary N) is 1. The van der Waals surface area contributed by atoms with Crippen LogP contribution < -0.4 is 5.32 Å². The molecule has 0 atom stereocenters. The third-order valence-electron chi connectivity index (χ3n) is 2.46. The SMILES string of the molecule is COCCNc1ncc(-c2ccc(SC(F)(F)F)cc2)s1. The third-order valence-corrected chi connectivity index (χ3v) is 4.20. The third kappa shape index (κ3) is 5.22. The normalized spacial score (nSPS) is 11.6. The molecule has 2 aromatic rings. The van der Waals surface area contributed by atoms with Crippen molar-refractivity contribution in [2.24, 2.45) is 0 Å². The van der Waals surface area contributed by atoms with E-state index in [1.807, 2.05) is 0 Å². The summed E-state index contributed by atoms with van der Waals surface area (Å²) in [5, 5.41) is 3.87. The lowest BCUT2D eigenvalue weighted by Crippen LogP contribution is -2.06. The molecule has 0 bridgehead atoms. The monoisotopic (exact) mass is 334 g/mol. The molecule has 0 unspecified atom stereocenters. The Hall–Kier alpha value is -1.25. The number of nitrogens with zero attached hydrogens (tertiary/aromatic N) is 1. The topological polar surface area (TPSA) is 34.1 Å². The molecule has 1 aromatic heterocycles. The van der Waals surface area contributed by atoms with E-state index in [0.29, 0.717) is 13.2 Å². The second-order valence-corrected chi connectivity index (χ2v) is 6.19. The number of rotatable bonds is 6. The van der Waals surface area contributed by atoms with Crippen LogP contribution in [0.5, 0.6) is 0 Å². The second-order valence-electron chi connectivity index (χ2n) is 4.02. The first-order valence-corrected chi connectivity index (χ1v) is 7.66. The molecule has 1 heterocycles. The first-order chi connectivity index (χ1) is 9.98. The molecule has 21 heavy (non-hydrogen) atoms. The number of aromatic nitrogens is 1. The molecule has 1 aromatic carbocycles. The van der Waals surface area contributed by atoms with Crippen LogP contribution in [0, 0.1) is 0 Å². The van der Waals surface area contributed by atoms with E-state index >= 15 is 0 Å². The highest BCUT2D eigenvalue weighted by atomic mass is 32.2. The first kappa shape index (κ1) is 16.1. The smallest absolute Gasteiger partial charge is 0.383 e. The van der Waals surface area contributed by atoms with Crippen LogP contribution in [0.25, 0.3) is 10.4 Å². The van der Waals surface area contributed by atoms with Crippen molar-refractivity contribution in [3.8, 4) is 10.4 Å². The summed E-state index contributed by atoms with van der Waals surface area (Å²) in [7, 11) is 1.62. The van der Waals surface area contributed by atoms with Gasteiger partial charge in [-0.1, -0.05) is 23.5 Å². The van der Waals surface area contributed by atoms with Gasteiger partial charge in [-0.15, -0.1) is 0 Å². The number of halogens is 3. The Labute approximate surface area is 128 Å². The predicted octanol–water partition coefficient (Wildman–Crippen LogP) is 4.48. The van der Waals surface area contributed by atoms with Crippen LogP contribution >= 0.6 is 23.1 Å². The van der Waals surface area contributed by atoms with Crippen molar-refractivity contribution in [1.82, 2.24) is 4.98 Å². The minimum absolute atomic E-state index is 0.115. The van der Waals surface area contributed by atoms with Crippen LogP contribution in [0.3, 0.4) is 0 Å². The van der Waals surface area contributed by atoms with Gasteiger partial charge < -0.3 is 10.1 Å². The summed E-state index contributed by atoms with van der Waals surface area (Å²) in [6, 6.07) is 6.26. The maximum Gasteiger partial charge on any atom is 0.446 e. The minimum Gasteiger partial charge on any atom is -0.383 e. The average molecular weight is 334 g/mol. The number of thioether (sulfide) groups is 1. The average Bonchev–Trinajstić information content (AvgIpc) is 2.87. The van der Waals surface area contributed by atoms with Crippen LogP contribution in [-0.2, 0) is 4.74 Å². The molecule has 0 aliphatic heterocycles. The van der Waals surface area contributed by atoms with E-state index in [4.69, 9.17) is 4.74 Å². The molecule has 0 saturated carbocycles. The molecule has 0 aliphatic rings. The van der Waals surface area contributed by atoms with Crippen molar-refractivity contribution in [2.75, 3.05) is 25.6 Å². The number of hydrogen-bond acceptors (Lipinski definition) is 5. The van der Waals surface area contributed by atoms with Crippen molar-refractivity contribution in [1.29, 1.82) is 0 Å². The highest BCUT2D eigenvalue weighted by Gasteiger charge is 2.29. The molecule has 2 rings (SSSR count). The van der Waals surface area contributed by atoms with Crippen molar-refractivity contribution in [3.63, 3.8) is 0 Å². The van der Waals surface area contributed by atoms with Gasteiger partial charge in [0.15, 0.2) is 5.13 Å². The summed E-state index contributed by atoms with van der Waals surface area (Å²) < 4.78 is 41.7. The van der Waals surface area contributed by atoms with E-state index in [0.717, 1.165) is 15.6 Å². The zero-order chi connectivity index (χ0) is 15.3. The lowest BCUT2D eigenvalue weighted by Gasteiger charge is -2.05. The van der Waals surface area contributed by atoms with E-state index in [-0.39, 0.29) is 16.7 Å². The van der Waals surface area contributed by atoms with E-state index in [2.05, 4.69) is 10.3 Å². The van der Waals surface area contributed by atoms with Crippen molar-refractivity contribution < 1.29 is 17.9 Å². The summed E-state index contributed by atoms with van der Waals surface area (Å²) in [4.78, 5) is 5.29. The molecule has 8 heteroatoms. The van der Waals surface area contributed by atoms with E-state index in [9.17, 15) is 13.2 Å². The zero-order valence-corrected chi connectivity index (χ0v) is 12.7. The fourth-order valence-corrected chi connectivity index (χ4v) is 2.96. The van der Waals surface area contributed by atoms with Gasteiger partial charge in [-0.2, -0.15) is 13.2 Å². The van der Waals surface area contributed by atoms with Crippen LogP contribution in [0.1, 0.15) is 0 Å². The molecule has 0 spiro atoms. The van der Waals surface area contributed by atoms with Crippen molar-refractivity contribution in [2.45, 2.75) is 10.4 Å². The van der Waals surface area contributed by atoms with Crippen molar-refractivity contribution >= 4 is 28.2 Å². The molecular weight excluding hydrogens is 321 g/mol. The molecular formula is C13H13F3N2OS2. The molecule has 0 saturated heterocycles. The number of alkyl halides is 3. The van der Waals surface area contributed by atoms with Crippen LogP contribution in [0.2, 0.25) is 0 Å². The van der Waals surface area contributed by atoms with Gasteiger partial charge in [0.2, 0.25) is 0 Å². The lowest BCUT2D eigenvalue weighted by molar-refractivity contribution is -0.0328. The predicted molar refractivity (Wildman–Crippen MR) is 79.8 cm³/mol. The summed E-state index contributed by atoms with van der Waals surface area (Å²) in [5.74, 6) is 0. The fourth-order valence-electron chi connectivity index (χ4n) is 1.57. The van der Waals surface area contributed by atoms with Gasteiger partial charge in [0.1, 0.15) is 0 Å². The molecule has 114 valence electrons.